The number of nitrogens with zero attached hydrogens (tertiary/aromatic N) is 1. The van der Waals surface area contributed by atoms with Crippen molar-refractivity contribution in [2.24, 2.45) is 5.92 Å². The van der Waals surface area contributed by atoms with Crippen molar-refractivity contribution >= 4 is 23.3 Å². The van der Waals surface area contributed by atoms with Gasteiger partial charge in [0.25, 0.3) is 0 Å². The first-order valence-electron chi connectivity index (χ1n) is 8.63. The zero-order chi connectivity index (χ0) is 18.3. The van der Waals surface area contributed by atoms with Crippen LogP contribution in [0.5, 0.6) is 11.5 Å². The SMILES string of the molecule is COc1cc(NC(=O)N2CC3CC2(c2ccccc2)C3)cc(Cl)c1OC. The highest BCUT2D eigenvalue weighted by atomic mass is 35.5. The summed E-state index contributed by atoms with van der Waals surface area (Å²) in [5.74, 6) is 1.52. The van der Waals surface area contributed by atoms with Crippen molar-refractivity contribution in [3.63, 3.8) is 0 Å². The molecular formula is C20H21ClN2O3. The number of fused-ring (bicyclic) bond motifs is 1. The molecule has 5 rings (SSSR count). The summed E-state index contributed by atoms with van der Waals surface area (Å²) in [6, 6.07) is 13.6. The molecule has 1 aliphatic carbocycles. The van der Waals surface area contributed by atoms with Crippen LogP contribution in [0.4, 0.5) is 10.5 Å². The number of urea groups is 1. The fourth-order valence-corrected chi connectivity index (χ4v) is 4.56. The fraction of sp³-hybridized carbons (Fsp3) is 0.350. The van der Waals surface area contributed by atoms with Gasteiger partial charge in [0, 0.05) is 18.3 Å². The highest BCUT2D eigenvalue weighted by Gasteiger charge is 2.58. The second kappa shape index (κ2) is 6.40. The van der Waals surface area contributed by atoms with Crippen molar-refractivity contribution in [2.45, 2.75) is 18.4 Å². The lowest BCUT2D eigenvalue weighted by Gasteiger charge is -2.42. The van der Waals surface area contributed by atoms with Gasteiger partial charge < -0.3 is 19.7 Å². The van der Waals surface area contributed by atoms with Crippen LogP contribution in [0, 0.1) is 5.92 Å². The van der Waals surface area contributed by atoms with Gasteiger partial charge in [-0.3, -0.25) is 0 Å². The predicted octanol–water partition coefficient (Wildman–Crippen LogP) is 4.51. The summed E-state index contributed by atoms with van der Waals surface area (Å²) in [5, 5.41) is 3.36. The van der Waals surface area contributed by atoms with Crippen molar-refractivity contribution in [1.82, 2.24) is 4.90 Å². The number of benzene rings is 2. The quantitative estimate of drug-likeness (QED) is 0.859. The molecule has 6 heteroatoms. The lowest BCUT2D eigenvalue weighted by molar-refractivity contribution is 0.129. The minimum absolute atomic E-state index is 0.114. The number of carbonyl (C=O) groups is 1. The first-order valence-corrected chi connectivity index (χ1v) is 9.01. The zero-order valence-electron chi connectivity index (χ0n) is 14.8. The van der Waals surface area contributed by atoms with Crippen LogP contribution in [0.25, 0.3) is 0 Å². The number of amides is 2. The summed E-state index contributed by atoms with van der Waals surface area (Å²) in [6.07, 6.45) is 2.05. The number of carbonyl (C=O) groups excluding carboxylic acids is 1. The van der Waals surface area contributed by atoms with E-state index in [1.54, 1.807) is 19.2 Å². The van der Waals surface area contributed by atoms with E-state index in [2.05, 4.69) is 17.4 Å². The Labute approximate surface area is 157 Å². The van der Waals surface area contributed by atoms with Crippen molar-refractivity contribution in [2.75, 3.05) is 26.1 Å². The maximum absolute atomic E-state index is 13.0. The van der Waals surface area contributed by atoms with Gasteiger partial charge in [-0.15, -0.1) is 0 Å². The largest absolute Gasteiger partial charge is 0.493 e. The molecular weight excluding hydrogens is 352 g/mol. The van der Waals surface area contributed by atoms with Gasteiger partial charge in [0.05, 0.1) is 24.8 Å². The number of halogens is 1. The van der Waals surface area contributed by atoms with E-state index >= 15 is 0 Å². The average Bonchev–Trinajstić information content (AvgIpc) is 3.19. The van der Waals surface area contributed by atoms with Gasteiger partial charge in [-0.25, -0.2) is 4.79 Å². The Kier molecular flexibility index (Phi) is 4.19. The lowest BCUT2D eigenvalue weighted by Crippen LogP contribution is -2.47. The number of hydrogen-bond donors (Lipinski definition) is 1. The Morgan fingerprint density at radius 2 is 1.92 bits per heavy atom. The van der Waals surface area contributed by atoms with Crippen LogP contribution in [0.2, 0.25) is 5.02 Å². The van der Waals surface area contributed by atoms with Gasteiger partial charge >= 0.3 is 6.03 Å². The number of rotatable bonds is 4. The zero-order valence-corrected chi connectivity index (χ0v) is 15.5. The molecule has 5 nitrogen and oxygen atoms in total. The van der Waals surface area contributed by atoms with Crippen LogP contribution >= 0.6 is 11.6 Å². The topological polar surface area (TPSA) is 50.8 Å². The number of methoxy groups -OCH3 is 2. The van der Waals surface area contributed by atoms with Gasteiger partial charge in [0.15, 0.2) is 11.5 Å². The molecule has 2 amide bonds. The third kappa shape index (κ3) is 2.58. The van der Waals surface area contributed by atoms with Crippen molar-refractivity contribution in [3.05, 3.63) is 53.1 Å². The van der Waals surface area contributed by atoms with E-state index in [1.165, 1.54) is 12.7 Å². The third-order valence-electron chi connectivity index (χ3n) is 5.45. The predicted molar refractivity (Wildman–Crippen MR) is 101 cm³/mol. The van der Waals surface area contributed by atoms with Crippen LogP contribution in [-0.4, -0.2) is 31.7 Å². The minimum atomic E-state index is -0.184. The second-order valence-electron chi connectivity index (χ2n) is 6.91. The van der Waals surface area contributed by atoms with E-state index in [-0.39, 0.29) is 11.6 Å². The summed E-state index contributed by atoms with van der Waals surface area (Å²) < 4.78 is 10.6. The van der Waals surface area contributed by atoms with Gasteiger partial charge in [-0.2, -0.15) is 0 Å². The van der Waals surface area contributed by atoms with Gasteiger partial charge in [0.1, 0.15) is 0 Å². The molecule has 2 aromatic rings. The molecule has 136 valence electrons. The van der Waals surface area contributed by atoms with Crippen molar-refractivity contribution < 1.29 is 14.3 Å². The average molecular weight is 373 g/mol. The maximum atomic E-state index is 13.0. The van der Waals surface area contributed by atoms with E-state index in [4.69, 9.17) is 21.1 Å². The minimum Gasteiger partial charge on any atom is -0.493 e. The summed E-state index contributed by atoms with van der Waals surface area (Å²) >= 11 is 6.25. The van der Waals surface area contributed by atoms with E-state index in [9.17, 15) is 4.79 Å². The molecule has 0 unspecified atom stereocenters. The van der Waals surface area contributed by atoms with Crippen LogP contribution in [0.15, 0.2) is 42.5 Å². The lowest BCUT2D eigenvalue weighted by atomic mass is 9.69. The Balaban J connectivity index is 1.58. The van der Waals surface area contributed by atoms with Crippen LogP contribution in [0.1, 0.15) is 18.4 Å². The normalized spacial score (nSPS) is 23.3. The first-order chi connectivity index (χ1) is 12.6. The molecule has 0 atom stereocenters. The molecule has 2 heterocycles. The molecule has 0 spiro atoms. The molecule has 3 fully saturated rings. The Morgan fingerprint density at radius 3 is 2.58 bits per heavy atom. The fourth-order valence-electron chi connectivity index (χ4n) is 4.28. The second-order valence-corrected chi connectivity index (χ2v) is 7.31. The molecule has 2 aromatic carbocycles. The summed E-state index contributed by atoms with van der Waals surface area (Å²) in [6.45, 7) is 0.780. The standard InChI is InChI=1S/C20H21ClN2O3/c1-25-17-9-15(8-16(21)18(17)26-2)22-19(24)23-12-13-10-20(23,11-13)14-6-4-3-5-7-14/h3-9,13H,10-12H2,1-2H3,(H,22,24). The molecule has 1 saturated carbocycles. The Hall–Kier alpha value is -2.40. The first kappa shape index (κ1) is 17.0. The Morgan fingerprint density at radius 1 is 1.19 bits per heavy atom. The maximum Gasteiger partial charge on any atom is 0.322 e. The van der Waals surface area contributed by atoms with Gasteiger partial charge in [-0.1, -0.05) is 41.9 Å². The molecule has 2 aliphatic heterocycles. The third-order valence-corrected chi connectivity index (χ3v) is 5.73. The van der Waals surface area contributed by atoms with E-state index < -0.39 is 0 Å². The van der Waals surface area contributed by atoms with E-state index in [0.29, 0.717) is 28.1 Å². The summed E-state index contributed by atoms with van der Waals surface area (Å²) in [7, 11) is 3.07. The van der Waals surface area contributed by atoms with E-state index in [0.717, 1.165) is 19.4 Å². The van der Waals surface area contributed by atoms with Gasteiger partial charge in [0.2, 0.25) is 0 Å². The van der Waals surface area contributed by atoms with Crippen molar-refractivity contribution in [3.8, 4) is 11.5 Å². The van der Waals surface area contributed by atoms with Gasteiger partial charge in [-0.05, 0) is 30.4 Å². The monoisotopic (exact) mass is 372 g/mol. The number of hydrogen-bond acceptors (Lipinski definition) is 3. The summed E-state index contributed by atoms with van der Waals surface area (Å²) in [4.78, 5) is 15.0. The van der Waals surface area contributed by atoms with Crippen LogP contribution < -0.4 is 14.8 Å². The molecule has 2 bridgehead atoms. The number of nitrogens with one attached hydrogen (secondary N) is 1. The van der Waals surface area contributed by atoms with E-state index in [1.807, 2.05) is 23.1 Å². The number of ether oxygens (including phenoxy) is 2. The summed E-state index contributed by atoms with van der Waals surface area (Å²) in [5.41, 5.74) is 1.61. The molecule has 0 aromatic heterocycles. The highest BCUT2D eigenvalue weighted by molar-refractivity contribution is 6.32. The van der Waals surface area contributed by atoms with Crippen LogP contribution in [0.3, 0.4) is 0 Å². The Bertz CT molecular complexity index is 834. The smallest absolute Gasteiger partial charge is 0.322 e. The molecule has 3 aliphatic rings. The van der Waals surface area contributed by atoms with Crippen LogP contribution in [-0.2, 0) is 5.54 Å². The van der Waals surface area contributed by atoms with Crippen molar-refractivity contribution in [1.29, 1.82) is 0 Å². The molecule has 1 N–H and O–H groups in total. The molecule has 26 heavy (non-hydrogen) atoms. The molecule has 2 saturated heterocycles. The highest BCUT2D eigenvalue weighted by Crippen LogP contribution is 2.57. The number of anilines is 1. The molecule has 0 radical (unpaired) electrons.